The first-order valence-electron chi connectivity index (χ1n) is 11.3. The lowest BCUT2D eigenvalue weighted by atomic mass is 10.0. The van der Waals surface area contributed by atoms with Crippen molar-refractivity contribution in [2.45, 2.75) is 19.0 Å². The zero-order chi connectivity index (χ0) is 24.4. The molecule has 5 rings (SSSR count). The van der Waals surface area contributed by atoms with E-state index in [1.54, 1.807) is 13.3 Å². The molecule has 0 bridgehead atoms. The van der Waals surface area contributed by atoms with Crippen molar-refractivity contribution < 1.29 is 9.53 Å². The molecule has 1 saturated heterocycles. The third-order valence-corrected chi connectivity index (χ3v) is 6.30. The third-order valence-electron chi connectivity index (χ3n) is 5.99. The molecule has 1 aliphatic heterocycles. The zero-order valence-corrected chi connectivity index (χ0v) is 20.2. The number of benzene rings is 2. The number of anilines is 2. The van der Waals surface area contributed by atoms with Crippen molar-refractivity contribution >= 4 is 34.6 Å². The van der Waals surface area contributed by atoms with E-state index in [1.165, 1.54) is 6.92 Å². The Morgan fingerprint density at radius 2 is 1.83 bits per heavy atom. The minimum absolute atomic E-state index is 0.177. The van der Waals surface area contributed by atoms with Gasteiger partial charge in [0.25, 0.3) is 0 Å². The average molecular weight is 484 g/mol. The minimum Gasteiger partial charge on any atom is -0.495 e. The van der Waals surface area contributed by atoms with Crippen LogP contribution in [0.15, 0.2) is 91.3 Å². The van der Waals surface area contributed by atoms with Crippen LogP contribution in [0, 0.1) is 0 Å². The smallest absolute Gasteiger partial charge is 0.221 e. The maximum Gasteiger partial charge on any atom is 0.221 e. The fourth-order valence-corrected chi connectivity index (χ4v) is 4.87. The molecule has 1 fully saturated rings. The van der Waals surface area contributed by atoms with Gasteiger partial charge in [0.05, 0.1) is 24.5 Å². The normalized spacial score (nSPS) is 17.2. The zero-order valence-electron chi connectivity index (χ0n) is 19.4. The van der Waals surface area contributed by atoms with Crippen LogP contribution in [0.3, 0.4) is 0 Å². The Labute approximate surface area is 209 Å². The molecule has 1 amide bonds. The first-order chi connectivity index (χ1) is 17.1. The number of methoxy groups -OCH3 is 1. The van der Waals surface area contributed by atoms with Crippen molar-refractivity contribution in [3.05, 3.63) is 103 Å². The van der Waals surface area contributed by atoms with Crippen LogP contribution < -0.4 is 20.3 Å². The van der Waals surface area contributed by atoms with Gasteiger partial charge in [-0.25, -0.2) is 0 Å². The van der Waals surface area contributed by atoms with E-state index in [0.29, 0.717) is 16.5 Å². The molecule has 0 radical (unpaired) electrons. The molecule has 0 saturated carbocycles. The largest absolute Gasteiger partial charge is 0.495 e. The summed E-state index contributed by atoms with van der Waals surface area (Å²) < 4.78 is 7.63. The molecule has 1 aliphatic rings. The summed E-state index contributed by atoms with van der Waals surface area (Å²) in [4.78, 5) is 18.6. The molecule has 2 aromatic carbocycles. The van der Waals surface area contributed by atoms with Gasteiger partial charge in [0.2, 0.25) is 5.91 Å². The Hall–Kier alpha value is -4.17. The molecule has 4 aromatic rings. The van der Waals surface area contributed by atoms with E-state index < -0.39 is 0 Å². The molecule has 0 unspecified atom stereocenters. The van der Waals surface area contributed by atoms with Crippen LogP contribution in [-0.2, 0) is 4.79 Å². The van der Waals surface area contributed by atoms with Gasteiger partial charge in [0.15, 0.2) is 5.11 Å². The number of thiocarbonyl (C=S) groups is 1. The van der Waals surface area contributed by atoms with Crippen LogP contribution in [0.25, 0.3) is 5.69 Å². The number of pyridine rings is 1. The maximum atomic E-state index is 11.8. The van der Waals surface area contributed by atoms with Crippen molar-refractivity contribution in [3.63, 3.8) is 0 Å². The number of carbonyl (C=O) groups is 1. The van der Waals surface area contributed by atoms with Crippen LogP contribution in [0.4, 0.5) is 11.4 Å². The summed E-state index contributed by atoms with van der Waals surface area (Å²) in [7, 11) is 1.58. The monoisotopic (exact) mass is 483 g/mol. The summed E-state index contributed by atoms with van der Waals surface area (Å²) in [5.41, 5.74) is 4.41. The lowest BCUT2D eigenvalue weighted by Gasteiger charge is -2.29. The van der Waals surface area contributed by atoms with Gasteiger partial charge in [-0.15, -0.1) is 0 Å². The fourth-order valence-electron chi connectivity index (χ4n) is 4.53. The highest BCUT2D eigenvalue weighted by molar-refractivity contribution is 7.80. The molecule has 0 aliphatic carbocycles. The Bertz CT molecular complexity index is 1360. The number of rotatable bonds is 6. The molecular weight excluding hydrogens is 458 g/mol. The fraction of sp³-hybridized carbons (Fsp3) is 0.148. The second-order valence-electron chi connectivity index (χ2n) is 8.20. The molecular formula is C27H25N5O2S. The number of para-hydroxylation sites is 1. The Kier molecular flexibility index (Phi) is 6.20. The molecule has 2 N–H and O–H groups in total. The average Bonchev–Trinajstić information content (AvgIpc) is 3.49. The highest BCUT2D eigenvalue weighted by Gasteiger charge is 2.42. The lowest BCUT2D eigenvalue weighted by Crippen LogP contribution is -2.30. The summed E-state index contributed by atoms with van der Waals surface area (Å²) in [6, 6.07) is 25.5. The number of carbonyl (C=O) groups excluding carboxylic acids is 1. The van der Waals surface area contributed by atoms with Crippen LogP contribution >= 0.6 is 12.2 Å². The molecule has 0 spiro atoms. The van der Waals surface area contributed by atoms with Gasteiger partial charge in [-0.3, -0.25) is 9.78 Å². The first kappa shape index (κ1) is 22.6. The van der Waals surface area contributed by atoms with Crippen LogP contribution in [0.5, 0.6) is 5.75 Å². The molecule has 7 nitrogen and oxygen atoms in total. The first-order valence-corrected chi connectivity index (χ1v) is 11.7. The molecule has 176 valence electrons. The van der Waals surface area contributed by atoms with Crippen molar-refractivity contribution in [1.29, 1.82) is 0 Å². The SMILES string of the molecule is COc1ccc(N2C(=S)N[C@H](c3ccccn3)[C@H]2c2cccn2-c2ccccc2)cc1NC(C)=O. The summed E-state index contributed by atoms with van der Waals surface area (Å²) in [6.45, 7) is 1.47. The summed E-state index contributed by atoms with van der Waals surface area (Å²) in [5.74, 6) is 0.399. The Balaban J connectivity index is 1.66. The lowest BCUT2D eigenvalue weighted by molar-refractivity contribution is -0.114. The Morgan fingerprint density at radius 3 is 2.54 bits per heavy atom. The van der Waals surface area contributed by atoms with E-state index in [1.807, 2.05) is 60.7 Å². The van der Waals surface area contributed by atoms with Gasteiger partial charge < -0.3 is 24.8 Å². The van der Waals surface area contributed by atoms with Gasteiger partial charge in [-0.1, -0.05) is 24.3 Å². The summed E-state index contributed by atoms with van der Waals surface area (Å²) >= 11 is 5.86. The molecule has 2 atom stereocenters. The van der Waals surface area contributed by atoms with Gasteiger partial charge in [0, 0.05) is 36.4 Å². The highest BCUT2D eigenvalue weighted by Crippen LogP contribution is 2.43. The molecule has 8 heteroatoms. The van der Waals surface area contributed by atoms with E-state index in [-0.39, 0.29) is 18.0 Å². The predicted molar refractivity (Wildman–Crippen MR) is 141 cm³/mol. The van der Waals surface area contributed by atoms with Gasteiger partial charge in [0.1, 0.15) is 11.8 Å². The predicted octanol–water partition coefficient (Wildman–Crippen LogP) is 5.02. The maximum absolute atomic E-state index is 11.8. The second kappa shape index (κ2) is 9.60. The van der Waals surface area contributed by atoms with E-state index in [9.17, 15) is 4.79 Å². The molecule has 2 aromatic heterocycles. The van der Waals surface area contributed by atoms with Gasteiger partial charge in [-0.05, 0) is 66.8 Å². The highest BCUT2D eigenvalue weighted by atomic mass is 32.1. The number of amides is 1. The van der Waals surface area contributed by atoms with E-state index >= 15 is 0 Å². The van der Waals surface area contributed by atoms with Crippen LogP contribution in [0.1, 0.15) is 30.4 Å². The number of ether oxygens (including phenoxy) is 1. The standard InChI is InChI=1S/C27H25N5O2S/c1-18(33)29-22-17-20(13-14-24(22)34-2)32-26(25(30-27(32)35)21-11-6-7-15-28-21)23-12-8-16-31(23)19-9-4-3-5-10-19/h3-17,25-26H,1-2H3,(H,29,33)(H,30,35)/t25-,26-/m1/s1. The van der Waals surface area contributed by atoms with Crippen molar-refractivity contribution in [3.8, 4) is 11.4 Å². The van der Waals surface area contributed by atoms with E-state index in [2.05, 4.69) is 49.5 Å². The Morgan fingerprint density at radius 1 is 1.03 bits per heavy atom. The minimum atomic E-state index is -0.203. The summed E-state index contributed by atoms with van der Waals surface area (Å²) in [5, 5.41) is 6.92. The third kappa shape index (κ3) is 4.36. The summed E-state index contributed by atoms with van der Waals surface area (Å²) in [6.07, 6.45) is 3.84. The van der Waals surface area contributed by atoms with Crippen LogP contribution in [-0.4, -0.2) is 27.7 Å². The quantitative estimate of drug-likeness (QED) is 0.376. The van der Waals surface area contributed by atoms with Gasteiger partial charge in [-0.2, -0.15) is 0 Å². The second-order valence-corrected chi connectivity index (χ2v) is 8.59. The molecule has 3 heterocycles. The van der Waals surface area contributed by atoms with Crippen molar-refractivity contribution in [1.82, 2.24) is 14.9 Å². The number of hydrogen-bond donors (Lipinski definition) is 2. The van der Waals surface area contributed by atoms with E-state index in [4.69, 9.17) is 17.0 Å². The van der Waals surface area contributed by atoms with Gasteiger partial charge >= 0.3 is 0 Å². The van der Waals surface area contributed by atoms with E-state index in [0.717, 1.165) is 22.8 Å². The topological polar surface area (TPSA) is 71.4 Å². The number of nitrogens with zero attached hydrogens (tertiary/aromatic N) is 3. The number of nitrogens with one attached hydrogen (secondary N) is 2. The number of aromatic nitrogens is 2. The molecule has 35 heavy (non-hydrogen) atoms. The van der Waals surface area contributed by atoms with Crippen molar-refractivity contribution in [2.75, 3.05) is 17.3 Å². The van der Waals surface area contributed by atoms with Crippen molar-refractivity contribution in [2.24, 2.45) is 0 Å². The van der Waals surface area contributed by atoms with Crippen LogP contribution in [0.2, 0.25) is 0 Å². The number of hydrogen-bond acceptors (Lipinski definition) is 4.